The lowest BCUT2D eigenvalue weighted by molar-refractivity contribution is 0.00529. The monoisotopic (exact) mass is 304 g/mol. The van der Waals surface area contributed by atoms with Gasteiger partial charge >= 0.3 is 0 Å². The Kier molecular flexibility index (Phi) is 3.87. The molecule has 3 rings (SSSR count). The Balaban J connectivity index is 1.69. The SMILES string of the molecule is Nc1ccc2sc(C(=O)NCC3(O)CCCCC3)cc2c1. The van der Waals surface area contributed by atoms with Crippen LogP contribution in [-0.2, 0) is 0 Å². The molecule has 4 N–H and O–H groups in total. The van der Waals surface area contributed by atoms with Crippen molar-refractivity contribution in [2.24, 2.45) is 0 Å². The average molecular weight is 304 g/mol. The number of thiophene rings is 1. The molecule has 1 aromatic heterocycles. The van der Waals surface area contributed by atoms with E-state index < -0.39 is 5.60 Å². The Hall–Kier alpha value is -1.59. The van der Waals surface area contributed by atoms with Crippen LogP contribution < -0.4 is 11.1 Å². The zero-order valence-corrected chi connectivity index (χ0v) is 12.7. The number of hydrogen-bond donors (Lipinski definition) is 3. The first-order valence-electron chi connectivity index (χ1n) is 7.35. The molecule has 1 saturated carbocycles. The maximum Gasteiger partial charge on any atom is 0.261 e. The van der Waals surface area contributed by atoms with Crippen LogP contribution >= 0.6 is 11.3 Å². The second-order valence-electron chi connectivity index (χ2n) is 5.88. The second kappa shape index (κ2) is 5.66. The van der Waals surface area contributed by atoms with Crippen molar-refractivity contribution in [3.8, 4) is 0 Å². The van der Waals surface area contributed by atoms with Gasteiger partial charge in [0.1, 0.15) is 0 Å². The Morgan fingerprint density at radius 3 is 2.81 bits per heavy atom. The summed E-state index contributed by atoms with van der Waals surface area (Å²) < 4.78 is 1.05. The maximum absolute atomic E-state index is 12.2. The van der Waals surface area contributed by atoms with Gasteiger partial charge in [0.2, 0.25) is 0 Å². The van der Waals surface area contributed by atoms with E-state index in [1.807, 2.05) is 24.3 Å². The minimum atomic E-state index is -0.727. The zero-order chi connectivity index (χ0) is 14.9. The van der Waals surface area contributed by atoms with Crippen molar-refractivity contribution in [1.29, 1.82) is 0 Å². The third-order valence-corrected chi connectivity index (χ3v) is 5.24. The van der Waals surface area contributed by atoms with Gasteiger partial charge in [0.25, 0.3) is 5.91 Å². The van der Waals surface area contributed by atoms with Crippen LogP contribution in [0.3, 0.4) is 0 Å². The number of fused-ring (bicyclic) bond motifs is 1. The standard InChI is InChI=1S/C16H20N2O2S/c17-12-4-5-13-11(8-12)9-14(21-13)15(19)18-10-16(20)6-2-1-3-7-16/h4-5,8-9,20H,1-3,6-7,10,17H2,(H,18,19). The predicted octanol–water partition coefficient (Wildman–Crippen LogP) is 2.91. The molecular weight excluding hydrogens is 284 g/mol. The summed E-state index contributed by atoms with van der Waals surface area (Å²) in [5.41, 5.74) is 5.72. The van der Waals surface area contributed by atoms with Gasteiger partial charge in [0, 0.05) is 16.9 Å². The first-order chi connectivity index (χ1) is 10.1. The molecule has 5 heteroatoms. The largest absolute Gasteiger partial charge is 0.399 e. The molecule has 0 bridgehead atoms. The van der Waals surface area contributed by atoms with Gasteiger partial charge in [-0.3, -0.25) is 4.79 Å². The number of anilines is 1. The highest BCUT2D eigenvalue weighted by Gasteiger charge is 2.29. The molecule has 1 amide bonds. The van der Waals surface area contributed by atoms with Crippen LogP contribution in [-0.4, -0.2) is 23.2 Å². The summed E-state index contributed by atoms with van der Waals surface area (Å²) in [5, 5.41) is 14.3. The van der Waals surface area contributed by atoms with Crippen LogP contribution in [0.1, 0.15) is 41.8 Å². The van der Waals surface area contributed by atoms with Crippen molar-refractivity contribution in [3.05, 3.63) is 29.1 Å². The normalized spacial score (nSPS) is 17.8. The van der Waals surface area contributed by atoms with Crippen molar-refractivity contribution in [2.75, 3.05) is 12.3 Å². The Bertz CT molecular complexity index is 659. The summed E-state index contributed by atoms with van der Waals surface area (Å²) in [7, 11) is 0. The molecule has 0 atom stereocenters. The van der Waals surface area contributed by atoms with Gasteiger partial charge in [-0.1, -0.05) is 19.3 Å². The highest BCUT2D eigenvalue weighted by Crippen LogP contribution is 2.29. The molecule has 0 spiro atoms. The predicted molar refractivity (Wildman–Crippen MR) is 86.6 cm³/mol. The van der Waals surface area contributed by atoms with Crippen LogP contribution in [0.25, 0.3) is 10.1 Å². The van der Waals surface area contributed by atoms with Crippen LogP contribution in [0.4, 0.5) is 5.69 Å². The summed E-state index contributed by atoms with van der Waals surface area (Å²) in [6, 6.07) is 7.50. The lowest BCUT2D eigenvalue weighted by atomic mass is 9.85. The summed E-state index contributed by atoms with van der Waals surface area (Å²) in [6.07, 6.45) is 4.80. The van der Waals surface area contributed by atoms with Gasteiger partial charge in [-0.15, -0.1) is 11.3 Å². The maximum atomic E-state index is 12.2. The quantitative estimate of drug-likeness (QED) is 0.763. The van der Waals surface area contributed by atoms with Crippen molar-refractivity contribution in [1.82, 2.24) is 5.32 Å². The third-order valence-electron chi connectivity index (χ3n) is 4.13. The van der Waals surface area contributed by atoms with Gasteiger partial charge in [-0.2, -0.15) is 0 Å². The molecule has 21 heavy (non-hydrogen) atoms. The number of nitrogens with one attached hydrogen (secondary N) is 1. The van der Waals surface area contributed by atoms with E-state index in [0.717, 1.165) is 35.8 Å². The van der Waals surface area contributed by atoms with E-state index in [9.17, 15) is 9.90 Å². The molecule has 4 nitrogen and oxygen atoms in total. The molecule has 1 aliphatic rings. The minimum absolute atomic E-state index is 0.117. The van der Waals surface area contributed by atoms with E-state index >= 15 is 0 Å². The second-order valence-corrected chi connectivity index (χ2v) is 6.96. The molecule has 1 aliphatic carbocycles. The van der Waals surface area contributed by atoms with E-state index in [4.69, 9.17) is 5.73 Å². The van der Waals surface area contributed by atoms with Crippen LogP contribution in [0.2, 0.25) is 0 Å². The Morgan fingerprint density at radius 2 is 2.05 bits per heavy atom. The van der Waals surface area contributed by atoms with Crippen LogP contribution in [0.15, 0.2) is 24.3 Å². The summed E-state index contributed by atoms with van der Waals surface area (Å²) in [6.45, 7) is 0.336. The molecule has 112 valence electrons. The number of hydrogen-bond acceptors (Lipinski definition) is 4. The number of nitrogen functional groups attached to an aromatic ring is 1. The van der Waals surface area contributed by atoms with E-state index in [1.54, 1.807) is 0 Å². The molecule has 0 aliphatic heterocycles. The number of rotatable bonds is 3. The molecule has 2 aromatic rings. The van der Waals surface area contributed by atoms with Crippen LogP contribution in [0.5, 0.6) is 0 Å². The van der Waals surface area contributed by atoms with Gasteiger partial charge in [0.15, 0.2) is 0 Å². The van der Waals surface area contributed by atoms with Gasteiger partial charge < -0.3 is 16.2 Å². The molecule has 0 saturated heterocycles. The highest BCUT2D eigenvalue weighted by atomic mass is 32.1. The van der Waals surface area contributed by atoms with E-state index in [-0.39, 0.29) is 5.91 Å². The molecule has 1 heterocycles. The van der Waals surface area contributed by atoms with Crippen molar-refractivity contribution in [2.45, 2.75) is 37.7 Å². The highest BCUT2D eigenvalue weighted by molar-refractivity contribution is 7.20. The molecular formula is C16H20N2O2S. The number of aliphatic hydroxyl groups is 1. The lowest BCUT2D eigenvalue weighted by Crippen LogP contribution is -2.44. The van der Waals surface area contributed by atoms with Gasteiger partial charge in [-0.05, 0) is 42.5 Å². The summed E-state index contributed by atoms with van der Waals surface area (Å²) in [5.74, 6) is -0.117. The Labute approximate surface area is 128 Å². The Morgan fingerprint density at radius 1 is 1.29 bits per heavy atom. The fourth-order valence-corrected chi connectivity index (χ4v) is 3.85. The third kappa shape index (κ3) is 3.19. The van der Waals surface area contributed by atoms with Crippen molar-refractivity contribution < 1.29 is 9.90 Å². The van der Waals surface area contributed by atoms with Crippen LogP contribution in [0, 0.1) is 0 Å². The summed E-state index contributed by atoms with van der Waals surface area (Å²) >= 11 is 1.45. The number of amides is 1. The number of nitrogens with two attached hydrogens (primary N) is 1. The minimum Gasteiger partial charge on any atom is -0.399 e. The van der Waals surface area contributed by atoms with Gasteiger partial charge in [-0.25, -0.2) is 0 Å². The van der Waals surface area contributed by atoms with E-state index in [0.29, 0.717) is 17.1 Å². The first-order valence-corrected chi connectivity index (χ1v) is 8.17. The van der Waals surface area contributed by atoms with Crippen molar-refractivity contribution in [3.63, 3.8) is 0 Å². The fourth-order valence-electron chi connectivity index (χ4n) is 2.89. The molecule has 1 aromatic carbocycles. The molecule has 0 unspecified atom stereocenters. The molecule has 1 fully saturated rings. The van der Waals surface area contributed by atoms with E-state index in [2.05, 4.69) is 5.32 Å². The zero-order valence-electron chi connectivity index (χ0n) is 11.9. The summed E-state index contributed by atoms with van der Waals surface area (Å²) in [4.78, 5) is 12.9. The molecule has 0 radical (unpaired) electrons. The number of carbonyl (C=O) groups is 1. The number of carbonyl (C=O) groups excluding carboxylic acids is 1. The van der Waals surface area contributed by atoms with Gasteiger partial charge in [0.05, 0.1) is 10.5 Å². The average Bonchev–Trinajstić information content (AvgIpc) is 2.88. The first kappa shape index (κ1) is 14.4. The number of benzene rings is 1. The fraction of sp³-hybridized carbons (Fsp3) is 0.438. The van der Waals surface area contributed by atoms with E-state index in [1.165, 1.54) is 17.8 Å². The topological polar surface area (TPSA) is 75.4 Å². The van der Waals surface area contributed by atoms with Crippen molar-refractivity contribution >= 4 is 33.0 Å². The smallest absolute Gasteiger partial charge is 0.261 e. The lowest BCUT2D eigenvalue weighted by Gasteiger charge is -2.32.